The number of amidine groups is 1. The van der Waals surface area contributed by atoms with Gasteiger partial charge in [0.05, 0.1) is 48.5 Å². The Balaban J connectivity index is 1.54. The average Bonchev–Trinajstić information content (AvgIpc) is 3.25. The maximum atomic E-state index is 16.9. The second-order valence-corrected chi connectivity index (χ2v) is 12.9. The molecule has 9 nitrogen and oxygen atoms in total. The van der Waals surface area contributed by atoms with E-state index in [9.17, 15) is 13.2 Å². The van der Waals surface area contributed by atoms with E-state index in [4.69, 9.17) is 25.8 Å². The summed E-state index contributed by atoms with van der Waals surface area (Å²) in [5, 5.41) is 2.49. The molecule has 0 saturated heterocycles. The van der Waals surface area contributed by atoms with Crippen LogP contribution < -0.4 is 24.4 Å². The van der Waals surface area contributed by atoms with Crippen molar-refractivity contribution < 1.29 is 36.2 Å². The van der Waals surface area contributed by atoms with Gasteiger partial charge in [-0.25, -0.2) is 18.8 Å². The molecule has 2 aliphatic rings. The highest BCUT2D eigenvalue weighted by Crippen LogP contribution is 2.48. The molecule has 0 atom stereocenters. The lowest BCUT2D eigenvalue weighted by Crippen LogP contribution is -2.35. The van der Waals surface area contributed by atoms with Gasteiger partial charge in [0.15, 0.2) is 17.4 Å². The minimum absolute atomic E-state index is 0.0541. The Morgan fingerprint density at radius 2 is 1.52 bits per heavy atom. The summed E-state index contributed by atoms with van der Waals surface area (Å²) < 4.78 is 94.7. The molecule has 3 aromatic carbocycles. The van der Waals surface area contributed by atoms with Gasteiger partial charge in [0.2, 0.25) is 5.22 Å². The Hall–Kier alpha value is -5.08. The molecule has 0 bridgehead atoms. The third kappa shape index (κ3) is 7.44. The van der Waals surface area contributed by atoms with Crippen molar-refractivity contribution in [2.75, 3.05) is 58.3 Å². The lowest BCUT2D eigenvalue weighted by atomic mass is 9.95. The van der Waals surface area contributed by atoms with E-state index in [1.807, 2.05) is 43.3 Å². The number of pyridine rings is 1. The van der Waals surface area contributed by atoms with E-state index in [1.54, 1.807) is 34.1 Å². The fourth-order valence-electron chi connectivity index (χ4n) is 6.12. The van der Waals surface area contributed by atoms with Gasteiger partial charge in [-0.15, -0.1) is 0 Å². The van der Waals surface area contributed by atoms with Crippen LogP contribution in [0.15, 0.2) is 71.0 Å². The number of aliphatic imine (C=N–C) groups is 1. The van der Waals surface area contributed by atoms with E-state index in [2.05, 4.69) is 15.3 Å². The second-order valence-electron chi connectivity index (χ2n) is 12.5. The monoisotopic (exact) mass is 742 g/mol. The van der Waals surface area contributed by atoms with Crippen LogP contribution in [0, 0.1) is 18.6 Å². The van der Waals surface area contributed by atoms with Crippen LogP contribution >= 0.6 is 11.6 Å². The van der Waals surface area contributed by atoms with Gasteiger partial charge in [0, 0.05) is 26.2 Å². The van der Waals surface area contributed by atoms with Crippen LogP contribution in [0.25, 0.3) is 11.3 Å². The molecule has 52 heavy (non-hydrogen) atoms. The van der Waals surface area contributed by atoms with Crippen molar-refractivity contribution >= 4 is 28.9 Å². The second kappa shape index (κ2) is 14.9. The molecule has 3 heterocycles. The van der Waals surface area contributed by atoms with Crippen molar-refractivity contribution in [1.29, 1.82) is 0 Å². The highest BCUT2D eigenvalue weighted by molar-refractivity contribution is 6.29. The van der Waals surface area contributed by atoms with E-state index >= 15 is 8.78 Å². The Kier molecular flexibility index (Phi) is 10.5. The number of anilines is 2. The van der Waals surface area contributed by atoms with Crippen LogP contribution in [0.3, 0.4) is 0 Å². The van der Waals surface area contributed by atoms with Crippen LogP contribution in [0.5, 0.6) is 17.2 Å². The number of nitrogens with zero attached hydrogens (tertiary/aromatic N) is 5. The number of benzene rings is 3. The molecule has 4 aromatic rings. The Bertz CT molecular complexity index is 1970. The Morgan fingerprint density at radius 3 is 2.06 bits per heavy atom. The third-order valence-electron chi connectivity index (χ3n) is 8.67. The predicted octanol–water partition coefficient (Wildman–Crippen LogP) is 8.00. The quantitative estimate of drug-likeness (QED) is 0.155. The van der Waals surface area contributed by atoms with Gasteiger partial charge >= 0.3 is 6.18 Å². The number of nitrogens with one attached hydrogen (secondary N) is 1. The first-order valence-corrected chi connectivity index (χ1v) is 16.6. The van der Waals surface area contributed by atoms with E-state index in [0.29, 0.717) is 24.6 Å². The summed E-state index contributed by atoms with van der Waals surface area (Å²) in [4.78, 5) is 14.1. The smallest absolute Gasteiger partial charge is 0.418 e. The molecule has 1 aromatic heterocycles. The molecule has 0 fully saturated rings. The van der Waals surface area contributed by atoms with Gasteiger partial charge < -0.3 is 34.2 Å². The lowest BCUT2D eigenvalue weighted by Gasteiger charge is -2.29. The van der Waals surface area contributed by atoms with Gasteiger partial charge in [-0.1, -0.05) is 24.3 Å². The Morgan fingerprint density at radius 1 is 0.923 bits per heavy atom. The number of likely N-dealkylation sites (N-methyl/N-ethyl adjacent to an activating group) is 1. The number of aromatic nitrogens is 1. The molecule has 1 N–H and O–H groups in total. The summed E-state index contributed by atoms with van der Waals surface area (Å²) in [6.07, 6.45) is -3.65. The third-order valence-corrected chi connectivity index (χ3v) is 8.85. The lowest BCUT2D eigenvalue weighted by molar-refractivity contribution is -0.137. The molecule has 2 aliphatic heterocycles. The summed E-state index contributed by atoms with van der Waals surface area (Å²) >= 11 is 6.38. The molecule has 0 aliphatic carbocycles. The molecule has 0 radical (unpaired) electrons. The van der Waals surface area contributed by atoms with Crippen molar-refractivity contribution in [3.63, 3.8) is 0 Å². The van der Waals surface area contributed by atoms with E-state index in [1.165, 1.54) is 33.4 Å². The average molecular weight is 743 g/mol. The van der Waals surface area contributed by atoms with Crippen LogP contribution in [0.2, 0.25) is 0 Å². The predicted molar refractivity (Wildman–Crippen MR) is 190 cm³/mol. The summed E-state index contributed by atoms with van der Waals surface area (Å²) in [7, 11) is 6.78. The first-order chi connectivity index (χ1) is 24.8. The number of aryl methyl sites for hydroxylation is 1. The number of rotatable bonds is 11. The molecule has 274 valence electrons. The molecular weight excluding hydrogens is 707 g/mol. The number of hydrogen-bond acceptors (Lipinski definition) is 9. The van der Waals surface area contributed by atoms with Gasteiger partial charge in [-0.05, 0) is 79.6 Å². The zero-order valence-corrected chi connectivity index (χ0v) is 29.8. The van der Waals surface area contributed by atoms with Crippen LogP contribution in [0.4, 0.5) is 33.5 Å². The highest BCUT2D eigenvalue weighted by atomic mass is 35.5. The van der Waals surface area contributed by atoms with E-state index in [0.717, 1.165) is 11.1 Å². The summed E-state index contributed by atoms with van der Waals surface area (Å²) in [6.45, 7) is 2.32. The topological polar surface area (TPSA) is 74.7 Å². The molecule has 0 unspecified atom stereocenters. The van der Waals surface area contributed by atoms with Crippen molar-refractivity contribution in [1.82, 2.24) is 14.8 Å². The fraction of sp³-hybridized carbons (Fsp3) is 0.297. The molecule has 0 amide bonds. The number of alkyl halides is 3. The first kappa shape index (κ1) is 36.7. The Labute approximate surface area is 302 Å². The number of ether oxygens (including phenoxy) is 3. The van der Waals surface area contributed by atoms with Crippen molar-refractivity contribution in [3.8, 4) is 28.5 Å². The molecule has 0 saturated carbocycles. The number of halogens is 6. The maximum Gasteiger partial charge on any atom is 0.418 e. The van der Waals surface area contributed by atoms with Gasteiger partial charge in [-0.3, -0.25) is 0 Å². The zero-order valence-electron chi connectivity index (χ0n) is 29.0. The highest BCUT2D eigenvalue weighted by Gasteiger charge is 2.42. The van der Waals surface area contributed by atoms with Crippen molar-refractivity contribution in [3.05, 3.63) is 105 Å². The van der Waals surface area contributed by atoms with Crippen LogP contribution in [-0.2, 0) is 19.3 Å². The summed E-state index contributed by atoms with van der Waals surface area (Å²) in [5.74, 6) is -1.80. The van der Waals surface area contributed by atoms with Crippen LogP contribution in [0.1, 0.15) is 27.8 Å². The largest absolute Gasteiger partial charge is 0.497 e. The van der Waals surface area contributed by atoms with Crippen molar-refractivity contribution in [2.45, 2.75) is 26.2 Å². The number of methoxy groups -OCH3 is 2. The minimum Gasteiger partial charge on any atom is -0.497 e. The normalized spacial score (nSPS) is 13.8. The molecule has 6 rings (SSSR count). The molecule has 15 heteroatoms. The fourth-order valence-corrected chi connectivity index (χ4v) is 6.32. The SMILES string of the molecule is COc1ccc(CN(Cc2ccc(OC)cc2)c2cc(C)c(C(F)(F)F)c(-c3c(F)c4c5c(c3F)OC(Cl)=CN(CCN(C)C)C5=NCN4)n2)cc1. The van der Waals surface area contributed by atoms with Gasteiger partial charge in [-0.2, -0.15) is 13.2 Å². The first-order valence-electron chi connectivity index (χ1n) is 16.2. The number of hydrogen-bond donors (Lipinski definition) is 1. The summed E-state index contributed by atoms with van der Waals surface area (Å²) in [6, 6.07) is 15.6. The standard InChI is InChI=1S/C37H36ClF5N6O3/c1-21-16-27(49(17-22-6-10-24(50-4)11-7-22)18-23-8-12-25(51-5)13-9-23)46-33(30(21)37(41,42)43)28-31(39)34-29-35(32(28)40)52-26(38)19-48(15-14-47(2)3)36(29)45-20-44-34/h6-13,16,19,44H,14-15,17-18,20H2,1-5H3. The van der Waals surface area contributed by atoms with E-state index in [-0.39, 0.29) is 53.4 Å². The minimum atomic E-state index is -5.04. The van der Waals surface area contributed by atoms with Crippen LogP contribution in [-0.4, -0.2) is 68.7 Å². The molecule has 0 spiro atoms. The zero-order chi connectivity index (χ0) is 37.3. The van der Waals surface area contributed by atoms with Crippen molar-refractivity contribution in [2.24, 2.45) is 4.99 Å². The van der Waals surface area contributed by atoms with Gasteiger partial charge in [0.25, 0.3) is 0 Å². The maximum absolute atomic E-state index is 16.9. The molecular formula is C37H36ClF5N6O3. The van der Waals surface area contributed by atoms with Gasteiger partial charge in [0.1, 0.15) is 29.8 Å². The van der Waals surface area contributed by atoms with E-state index < -0.39 is 40.4 Å². The summed E-state index contributed by atoms with van der Waals surface area (Å²) in [5.41, 5.74) is -2.33.